The first-order valence-corrected chi connectivity index (χ1v) is 10.5. The maximum Gasteiger partial charge on any atom is 0.351 e. The lowest BCUT2D eigenvalue weighted by Gasteiger charge is -2.27. The van der Waals surface area contributed by atoms with Crippen LogP contribution in [0.1, 0.15) is 33.9 Å². The van der Waals surface area contributed by atoms with E-state index in [1.54, 1.807) is 48.5 Å². The second-order valence-electron chi connectivity index (χ2n) is 7.88. The van der Waals surface area contributed by atoms with Crippen LogP contribution in [0.2, 0.25) is 0 Å². The number of nitrogens with one attached hydrogen (secondary N) is 1. The summed E-state index contributed by atoms with van der Waals surface area (Å²) >= 11 is 0. The largest absolute Gasteiger partial charge is 0.452 e. The molecule has 0 spiro atoms. The third-order valence-corrected chi connectivity index (χ3v) is 5.46. The molecule has 10 heteroatoms. The van der Waals surface area contributed by atoms with Gasteiger partial charge in [0.05, 0.1) is 12.2 Å². The number of alkyl halides is 1. The molecule has 1 aliphatic rings. The zero-order valence-corrected chi connectivity index (χ0v) is 18.1. The van der Waals surface area contributed by atoms with Gasteiger partial charge in [0.25, 0.3) is 5.91 Å². The number of aliphatic hydroxyl groups is 1. The van der Waals surface area contributed by atoms with E-state index < -0.39 is 48.3 Å². The fourth-order valence-electron chi connectivity index (χ4n) is 3.74. The normalized spacial score (nSPS) is 23.9. The fourth-order valence-corrected chi connectivity index (χ4v) is 3.74. The van der Waals surface area contributed by atoms with Gasteiger partial charge in [-0.25, -0.2) is 14.0 Å². The highest BCUT2D eigenvalue weighted by Gasteiger charge is 2.58. The van der Waals surface area contributed by atoms with Crippen LogP contribution in [0, 0.1) is 0 Å². The summed E-state index contributed by atoms with van der Waals surface area (Å²) in [6.07, 6.45) is -3.01. The van der Waals surface area contributed by atoms with Crippen LogP contribution in [0.5, 0.6) is 0 Å². The van der Waals surface area contributed by atoms with Crippen molar-refractivity contribution in [2.75, 3.05) is 11.9 Å². The number of hydrogen-bond donors (Lipinski definition) is 2. The van der Waals surface area contributed by atoms with Gasteiger partial charge in [-0.2, -0.15) is 4.98 Å². The SMILES string of the molecule is C[C@@]1(F)[C@H](OC(=O)c2ccccc2)[C@@H](CO)O[C@H]1n1ccc(NC(=O)c2ccccc2)nc1=O. The van der Waals surface area contributed by atoms with E-state index in [4.69, 9.17) is 9.47 Å². The highest BCUT2D eigenvalue weighted by molar-refractivity contribution is 6.03. The Morgan fingerprint density at radius 3 is 2.32 bits per heavy atom. The summed E-state index contributed by atoms with van der Waals surface area (Å²) in [5.41, 5.74) is -2.70. The predicted molar refractivity (Wildman–Crippen MR) is 119 cm³/mol. The molecular weight excluding hydrogens is 445 g/mol. The Kier molecular flexibility index (Phi) is 6.53. The molecule has 1 saturated heterocycles. The smallest absolute Gasteiger partial charge is 0.351 e. The highest BCUT2D eigenvalue weighted by atomic mass is 19.1. The van der Waals surface area contributed by atoms with Crippen molar-refractivity contribution in [3.63, 3.8) is 0 Å². The summed E-state index contributed by atoms with van der Waals surface area (Å²) in [7, 11) is 0. The third kappa shape index (κ3) is 4.59. The van der Waals surface area contributed by atoms with Crippen molar-refractivity contribution < 1.29 is 28.6 Å². The quantitative estimate of drug-likeness (QED) is 0.534. The number of ether oxygens (including phenoxy) is 2. The number of nitrogens with zero attached hydrogens (tertiary/aromatic N) is 2. The van der Waals surface area contributed by atoms with E-state index in [0.29, 0.717) is 5.56 Å². The lowest BCUT2D eigenvalue weighted by Crippen LogP contribution is -2.45. The summed E-state index contributed by atoms with van der Waals surface area (Å²) < 4.78 is 27.7. The number of carbonyl (C=O) groups excluding carboxylic acids is 2. The van der Waals surface area contributed by atoms with Crippen LogP contribution < -0.4 is 11.0 Å². The zero-order chi connectivity index (χ0) is 24.3. The molecule has 0 aliphatic carbocycles. The van der Waals surface area contributed by atoms with Gasteiger partial charge in [0.2, 0.25) is 0 Å². The molecule has 0 unspecified atom stereocenters. The first-order valence-electron chi connectivity index (χ1n) is 10.5. The van der Waals surface area contributed by atoms with Crippen molar-refractivity contribution >= 4 is 17.7 Å². The van der Waals surface area contributed by atoms with Crippen LogP contribution in [0.25, 0.3) is 0 Å². The topological polar surface area (TPSA) is 120 Å². The fraction of sp³-hybridized carbons (Fsp3) is 0.250. The monoisotopic (exact) mass is 467 g/mol. The van der Waals surface area contributed by atoms with Crippen LogP contribution in [-0.2, 0) is 9.47 Å². The van der Waals surface area contributed by atoms with Crippen LogP contribution in [0.15, 0.2) is 77.7 Å². The van der Waals surface area contributed by atoms with Gasteiger partial charge >= 0.3 is 11.7 Å². The van der Waals surface area contributed by atoms with Gasteiger partial charge in [-0.1, -0.05) is 36.4 Å². The van der Waals surface area contributed by atoms with Crippen molar-refractivity contribution in [3.05, 3.63) is 94.5 Å². The molecule has 2 aromatic carbocycles. The second-order valence-corrected chi connectivity index (χ2v) is 7.88. The molecule has 1 aromatic heterocycles. The Bertz CT molecular complexity index is 1230. The summed E-state index contributed by atoms with van der Waals surface area (Å²) in [6.45, 7) is 0.476. The second kappa shape index (κ2) is 9.54. The first-order chi connectivity index (χ1) is 16.3. The molecule has 2 heterocycles. The molecule has 1 fully saturated rings. The van der Waals surface area contributed by atoms with Gasteiger partial charge in [-0.05, 0) is 37.3 Å². The standard InChI is InChI=1S/C24H22FN3O6/c1-24(25)19(34-21(31)16-10-6-3-7-11-16)17(14-29)33-22(24)28-13-12-18(27-23(28)32)26-20(30)15-8-4-2-5-9-15/h2-13,17,19,22,29H,14H2,1H3,(H,26,27,30,32)/t17-,19-,22-,24-/m1/s1. The van der Waals surface area contributed by atoms with E-state index in [0.717, 1.165) is 11.5 Å². The molecule has 3 aromatic rings. The minimum atomic E-state index is -2.38. The summed E-state index contributed by atoms with van der Waals surface area (Å²) in [6, 6.07) is 17.7. The molecule has 9 nitrogen and oxygen atoms in total. The minimum absolute atomic E-state index is 0.0283. The third-order valence-electron chi connectivity index (χ3n) is 5.46. The Balaban J connectivity index is 1.54. The number of aliphatic hydroxyl groups excluding tert-OH is 1. The lowest BCUT2D eigenvalue weighted by atomic mass is 9.98. The predicted octanol–water partition coefficient (Wildman–Crippen LogP) is 2.34. The molecule has 0 saturated carbocycles. The molecule has 0 radical (unpaired) electrons. The van der Waals surface area contributed by atoms with Crippen LogP contribution in [-0.4, -0.2) is 51.0 Å². The molecule has 176 valence electrons. The molecule has 4 rings (SSSR count). The Labute approximate surface area is 193 Å². The number of amides is 1. The maximum absolute atomic E-state index is 15.9. The van der Waals surface area contributed by atoms with Gasteiger partial charge in [0.1, 0.15) is 11.9 Å². The number of anilines is 1. The molecule has 34 heavy (non-hydrogen) atoms. The Morgan fingerprint density at radius 1 is 1.12 bits per heavy atom. The number of aromatic nitrogens is 2. The lowest BCUT2D eigenvalue weighted by molar-refractivity contribution is -0.0611. The van der Waals surface area contributed by atoms with E-state index in [1.807, 2.05) is 0 Å². The molecule has 1 amide bonds. The van der Waals surface area contributed by atoms with Gasteiger partial charge < -0.3 is 19.9 Å². The van der Waals surface area contributed by atoms with E-state index >= 15 is 4.39 Å². The average Bonchev–Trinajstić information content (AvgIpc) is 3.09. The number of hydrogen-bond acceptors (Lipinski definition) is 7. The van der Waals surface area contributed by atoms with Crippen molar-refractivity contribution in [2.24, 2.45) is 0 Å². The Morgan fingerprint density at radius 2 is 1.74 bits per heavy atom. The van der Waals surface area contributed by atoms with Crippen molar-refractivity contribution in [1.82, 2.24) is 9.55 Å². The van der Waals surface area contributed by atoms with Gasteiger partial charge in [0, 0.05) is 11.8 Å². The van der Waals surface area contributed by atoms with Gasteiger partial charge in [0.15, 0.2) is 18.0 Å². The van der Waals surface area contributed by atoms with E-state index in [2.05, 4.69) is 10.3 Å². The Hall–Kier alpha value is -3.89. The first kappa shape index (κ1) is 23.3. The van der Waals surface area contributed by atoms with Crippen LogP contribution >= 0.6 is 0 Å². The van der Waals surface area contributed by atoms with Crippen LogP contribution in [0.4, 0.5) is 10.2 Å². The molecule has 1 aliphatic heterocycles. The summed E-state index contributed by atoms with van der Waals surface area (Å²) in [5.74, 6) is -1.29. The molecule has 2 N–H and O–H groups in total. The van der Waals surface area contributed by atoms with Crippen LogP contribution in [0.3, 0.4) is 0 Å². The summed E-state index contributed by atoms with van der Waals surface area (Å²) in [5, 5.41) is 12.2. The number of benzene rings is 2. The maximum atomic E-state index is 15.9. The van der Waals surface area contributed by atoms with E-state index in [-0.39, 0.29) is 11.4 Å². The number of rotatable bonds is 6. The zero-order valence-electron chi connectivity index (χ0n) is 18.1. The summed E-state index contributed by atoms with van der Waals surface area (Å²) in [4.78, 5) is 41.2. The molecular formula is C24H22FN3O6. The van der Waals surface area contributed by atoms with Gasteiger partial charge in [-0.15, -0.1) is 0 Å². The van der Waals surface area contributed by atoms with E-state index in [9.17, 15) is 19.5 Å². The average molecular weight is 467 g/mol. The number of carbonyl (C=O) groups is 2. The van der Waals surface area contributed by atoms with E-state index in [1.165, 1.54) is 24.4 Å². The van der Waals surface area contributed by atoms with Crippen molar-refractivity contribution in [3.8, 4) is 0 Å². The molecule has 4 atom stereocenters. The van der Waals surface area contributed by atoms with Crippen molar-refractivity contribution in [2.45, 2.75) is 31.0 Å². The van der Waals surface area contributed by atoms with Crippen molar-refractivity contribution in [1.29, 1.82) is 0 Å². The number of halogens is 1. The number of esters is 1. The minimum Gasteiger partial charge on any atom is -0.452 e. The highest BCUT2D eigenvalue weighted by Crippen LogP contribution is 2.42. The van der Waals surface area contributed by atoms with Gasteiger partial charge in [-0.3, -0.25) is 9.36 Å². The molecule has 0 bridgehead atoms.